The minimum atomic E-state index is 0.706. The molecular formula is C15H18BrN3O. The van der Waals surface area contributed by atoms with E-state index in [4.69, 9.17) is 4.74 Å². The number of benzene rings is 1. The summed E-state index contributed by atoms with van der Waals surface area (Å²) in [7, 11) is 1.67. The second kappa shape index (κ2) is 7.24. The molecule has 1 aromatic carbocycles. The van der Waals surface area contributed by atoms with E-state index in [1.165, 1.54) is 0 Å². The number of rotatable bonds is 6. The Labute approximate surface area is 127 Å². The van der Waals surface area contributed by atoms with Crippen LogP contribution in [0.2, 0.25) is 0 Å². The molecule has 0 amide bonds. The van der Waals surface area contributed by atoms with Crippen LogP contribution in [-0.2, 0) is 6.42 Å². The van der Waals surface area contributed by atoms with Crippen molar-refractivity contribution < 1.29 is 4.74 Å². The van der Waals surface area contributed by atoms with Crippen molar-refractivity contribution in [2.75, 3.05) is 19.0 Å². The van der Waals surface area contributed by atoms with Crippen molar-refractivity contribution >= 4 is 21.7 Å². The van der Waals surface area contributed by atoms with Crippen molar-refractivity contribution in [2.24, 2.45) is 0 Å². The summed E-state index contributed by atoms with van der Waals surface area (Å²) in [5.41, 5.74) is 1.16. The van der Waals surface area contributed by atoms with Gasteiger partial charge in [-0.2, -0.15) is 0 Å². The second-order valence-electron chi connectivity index (χ2n) is 4.43. The van der Waals surface area contributed by atoms with Gasteiger partial charge in [0.05, 0.1) is 11.6 Å². The molecule has 0 unspecified atom stereocenters. The SMILES string of the molecule is CCCNc1nc(Cc2ccc(OC)cc2)ncc1Br. The van der Waals surface area contributed by atoms with Gasteiger partial charge in [0.15, 0.2) is 0 Å². The predicted octanol–water partition coefficient (Wildman–Crippen LogP) is 3.66. The number of hydrogen-bond acceptors (Lipinski definition) is 4. The zero-order valence-corrected chi connectivity index (χ0v) is 13.3. The van der Waals surface area contributed by atoms with Crippen LogP contribution in [-0.4, -0.2) is 23.6 Å². The number of nitrogens with one attached hydrogen (secondary N) is 1. The molecule has 0 aliphatic carbocycles. The minimum absolute atomic E-state index is 0.706. The van der Waals surface area contributed by atoms with Crippen LogP contribution >= 0.6 is 15.9 Å². The Hall–Kier alpha value is -1.62. The molecule has 4 nitrogen and oxygen atoms in total. The van der Waals surface area contributed by atoms with Gasteiger partial charge in [-0.1, -0.05) is 19.1 Å². The van der Waals surface area contributed by atoms with E-state index in [-0.39, 0.29) is 0 Å². The molecule has 106 valence electrons. The number of aromatic nitrogens is 2. The first-order chi connectivity index (χ1) is 9.72. The average Bonchev–Trinajstić information content (AvgIpc) is 2.48. The molecule has 0 radical (unpaired) electrons. The monoisotopic (exact) mass is 335 g/mol. The molecule has 0 fully saturated rings. The maximum atomic E-state index is 5.15. The second-order valence-corrected chi connectivity index (χ2v) is 5.29. The maximum absolute atomic E-state index is 5.15. The van der Waals surface area contributed by atoms with Crippen LogP contribution in [0.1, 0.15) is 24.7 Å². The van der Waals surface area contributed by atoms with Gasteiger partial charge in [-0.3, -0.25) is 0 Å². The predicted molar refractivity (Wildman–Crippen MR) is 84.3 cm³/mol. The lowest BCUT2D eigenvalue weighted by Crippen LogP contribution is -2.06. The number of ether oxygens (including phenoxy) is 1. The van der Waals surface area contributed by atoms with Gasteiger partial charge in [-0.15, -0.1) is 0 Å². The van der Waals surface area contributed by atoms with E-state index in [2.05, 4.69) is 38.1 Å². The summed E-state index contributed by atoms with van der Waals surface area (Å²) in [5, 5.41) is 3.29. The first-order valence-electron chi connectivity index (χ1n) is 6.61. The molecule has 0 bridgehead atoms. The van der Waals surface area contributed by atoms with Gasteiger partial charge >= 0.3 is 0 Å². The Bertz CT molecular complexity index is 558. The molecule has 2 aromatic rings. The van der Waals surface area contributed by atoms with Gasteiger partial charge in [-0.25, -0.2) is 9.97 Å². The fourth-order valence-electron chi connectivity index (χ4n) is 1.78. The van der Waals surface area contributed by atoms with Crippen LogP contribution in [0, 0.1) is 0 Å². The highest BCUT2D eigenvalue weighted by Crippen LogP contribution is 2.20. The number of hydrogen-bond donors (Lipinski definition) is 1. The Morgan fingerprint density at radius 3 is 2.65 bits per heavy atom. The smallest absolute Gasteiger partial charge is 0.144 e. The minimum Gasteiger partial charge on any atom is -0.497 e. The summed E-state index contributed by atoms with van der Waals surface area (Å²) in [6.45, 7) is 3.03. The summed E-state index contributed by atoms with van der Waals surface area (Å²) < 4.78 is 6.04. The summed E-state index contributed by atoms with van der Waals surface area (Å²) >= 11 is 3.46. The third kappa shape index (κ3) is 3.93. The Morgan fingerprint density at radius 2 is 2.00 bits per heavy atom. The first-order valence-corrected chi connectivity index (χ1v) is 7.40. The molecule has 1 heterocycles. The quantitative estimate of drug-likeness (QED) is 0.875. The first kappa shape index (κ1) is 14.8. The fourth-order valence-corrected chi connectivity index (χ4v) is 2.11. The van der Waals surface area contributed by atoms with Crippen molar-refractivity contribution in [3.63, 3.8) is 0 Å². The molecule has 0 saturated carbocycles. The van der Waals surface area contributed by atoms with E-state index in [0.29, 0.717) is 6.42 Å². The lowest BCUT2D eigenvalue weighted by atomic mass is 10.1. The van der Waals surface area contributed by atoms with Crippen LogP contribution in [0.15, 0.2) is 34.9 Å². The molecule has 1 N–H and O–H groups in total. The van der Waals surface area contributed by atoms with Crippen molar-refractivity contribution in [3.8, 4) is 5.75 Å². The van der Waals surface area contributed by atoms with Gasteiger partial charge in [0, 0.05) is 19.2 Å². The summed E-state index contributed by atoms with van der Waals surface area (Å²) in [4.78, 5) is 8.90. The van der Waals surface area contributed by atoms with Gasteiger partial charge in [-0.05, 0) is 40.0 Å². The van der Waals surface area contributed by atoms with Crippen LogP contribution in [0.25, 0.3) is 0 Å². The van der Waals surface area contributed by atoms with E-state index >= 15 is 0 Å². The van der Waals surface area contributed by atoms with Gasteiger partial charge in [0.1, 0.15) is 17.4 Å². The van der Waals surface area contributed by atoms with E-state index in [0.717, 1.165) is 40.4 Å². The maximum Gasteiger partial charge on any atom is 0.144 e. The highest BCUT2D eigenvalue weighted by atomic mass is 79.9. The van der Waals surface area contributed by atoms with Gasteiger partial charge < -0.3 is 10.1 Å². The lowest BCUT2D eigenvalue weighted by Gasteiger charge is -2.08. The van der Waals surface area contributed by atoms with Crippen molar-refractivity contribution in [1.29, 1.82) is 0 Å². The van der Waals surface area contributed by atoms with Crippen LogP contribution in [0.3, 0.4) is 0 Å². The number of halogens is 1. The van der Waals surface area contributed by atoms with Crippen LogP contribution < -0.4 is 10.1 Å². The highest BCUT2D eigenvalue weighted by molar-refractivity contribution is 9.10. The summed E-state index contributed by atoms with van der Waals surface area (Å²) in [6, 6.07) is 7.96. The molecular weight excluding hydrogens is 318 g/mol. The standard InChI is InChI=1S/C15H18BrN3O/c1-3-8-17-15-13(16)10-18-14(19-15)9-11-4-6-12(20-2)7-5-11/h4-7,10H,3,8-9H2,1-2H3,(H,17,18,19). The van der Waals surface area contributed by atoms with Gasteiger partial charge in [0.25, 0.3) is 0 Å². The molecule has 0 saturated heterocycles. The molecule has 2 rings (SSSR count). The topological polar surface area (TPSA) is 47.0 Å². The van der Waals surface area contributed by atoms with E-state index in [1.54, 1.807) is 13.3 Å². The summed E-state index contributed by atoms with van der Waals surface area (Å²) in [5.74, 6) is 2.51. The number of nitrogens with zero attached hydrogens (tertiary/aromatic N) is 2. The normalized spacial score (nSPS) is 10.3. The zero-order chi connectivity index (χ0) is 14.4. The Balaban J connectivity index is 2.11. The van der Waals surface area contributed by atoms with Crippen molar-refractivity contribution in [1.82, 2.24) is 9.97 Å². The van der Waals surface area contributed by atoms with E-state index in [1.807, 2.05) is 24.3 Å². The Morgan fingerprint density at radius 1 is 1.25 bits per heavy atom. The molecule has 0 atom stereocenters. The van der Waals surface area contributed by atoms with E-state index in [9.17, 15) is 0 Å². The average molecular weight is 336 g/mol. The molecule has 0 aliphatic heterocycles. The third-order valence-corrected chi connectivity index (χ3v) is 3.44. The lowest BCUT2D eigenvalue weighted by molar-refractivity contribution is 0.414. The largest absolute Gasteiger partial charge is 0.497 e. The van der Waals surface area contributed by atoms with Gasteiger partial charge in [0.2, 0.25) is 0 Å². The molecule has 0 aliphatic rings. The molecule has 1 aromatic heterocycles. The van der Waals surface area contributed by atoms with Crippen molar-refractivity contribution in [3.05, 3.63) is 46.3 Å². The van der Waals surface area contributed by atoms with Crippen LogP contribution in [0.4, 0.5) is 5.82 Å². The Kier molecular flexibility index (Phi) is 5.35. The third-order valence-electron chi connectivity index (χ3n) is 2.86. The van der Waals surface area contributed by atoms with Crippen LogP contribution in [0.5, 0.6) is 5.75 Å². The zero-order valence-electron chi connectivity index (χ0n) is 11.7. The fraction of sp³-hybridized carbons (Fsp3) is 0.333. The van der Waals surface area contributed by atoms with E-state index < -0.39 is 0 Å². The highest BCUT2D eigenvalue weighted by Gasteiger charge is 2.05. The van der Waals surface area contributed by atoms with Crippen molar-refractivity contribution in [2.45, 2.75) is 19.8 Å². The molecule has 20 heavy (non-hydrogen) atoms. The number of methoxy groups -OCH3 is 1. The molecule has 0 spiro atoms. The molecule has 5 heteroatoms. The summed E-state index contributed by atoms with van der Waals surface area (Å²) in [6.07, 6.45) is 3.56. The number of anilines is 1.